The molecule has 0 saturated heterocycles. The molecular formula is C39H41F2O4S+. The van der Waals surface area contributed by atoms with E-state index < -0.39 is 11.9 Å². The van der Waals surface area contributed by atoms with Gasteiger partial charge in [0.25, 0.3) is 0 Å². The van der Waals surface area contributed by atoms with E-state index in [1.165, 1.54) is 33.9 Å². The number of rotatable bonds is 9. The van der Waals surface area contributed by atoms with Crippen molar-refractivity contribution in [2.45, 2.75) is 72.7 Å². The number of halogens is 2. The van der Waals surface area contributed by atoms with Crippen LogP contribution >= 0.6 is 0 Å². The fourth-order valence-corrected chi connectivity index (χ4v) is 9.85. The molecule has 4 bridgehead atoms. The maximum Gasteiger partial charge on any atom is 0.376 e. The predicted octanol–water partition coefficient (Wildman–Crippen LogP) is 9.47. The molecule has 0 aliphatic heterocycles. The molecule has 4 aliphatic carbocycles. The van der Waals surface area contributed by atoms with Crippen LogP contribution in [0, 0.1) is 23.2 Å². The highest BCUT2D eigenvalue weighted by Gasteiger charge is 2.52. The summed E-state index contributed by atoms with van der Waals surface area (Å²) in [6.07, 6.45) is 7.12. The van der Waals surface area contributed by atoms with Crippen molar-refractivity contribution in [3.8, 4) is 11.5 Å². The lowest BCUT2D eigenvalue weighted by molar-refractivity contribution is -0.179. The van der Waals surface area contributed by atoms with Gasteiger partial charge in [0.2, 0.25) is 0 Å². The Kier molecular flexibility index (Phi) is 9.69. The van der Waals surface area contributed by atoms with E-state index in [0.29, 0.717) is 13.5 Å². The van der Waals surface area contributed by atoms with E-state index in [1.54, 1.807) is 12.1 Å². The van der Waals surface area contributed by atoms with Crippen LogP contribution in [0.25, 0.3) is 0 Å². The Morgan fingerprint density at radius 1 is 0.761 bits per heavy atom. The summed E-state index contributed by atoms with van der Waals surface area (Å²) in [6.45, 7) is 1.29. The Labute approximate surface area is 273 Å². The molecule has 0 aromatic heterocycles. The van der Waals surface area contributed by atoms with Crippen molar-refractivity contribution in [1.29, 1.82) is 0 Å². The Bertz CT molecular complexity index is 1500. The molecule has 46 heavy (non-hydrogen) atoms. The van der Waals surface area contributed by atoms with Gasteiger partial charge in [0, 0.05) is 12.3 Å². The molecule has 0 amide bonds. The number of phenolic OH excluding ortho intramolecular Hbond substituents is 1. The van der Waals surface area contributed by atoms with E-state index in [1.807, 2.05) is 24.3 Å². The van der Waals surface area contributed by atoms with E-state index in [4.69, 9.17) is 9.47 Å². The van der Waals surface area contributed by atoms with Crippen molar-refractivity contribution in [1.82, 2.24) is 0 Å². The van der Waals surface area contributed by atoms with Crippen LogP contribution in [0.3, 0.4) is 0 Å². The van der Waals surface area contributed by atoms with E-state index >= 15 is 0 Å². The number of benzene rings is 4. The quantitative estimate of drug-likeness (QED) is 0.146. The van der Waals surface area contributed by atoms with Gasteiger partial charge in [0.05, 0.1) is 17.5 Å². The van der Waals surface area contributed by atoms with Gasteiger partial charge in [-0.3, -0.25) is 0 Å². The topological polar surface area (TPSA) is 55.8 Å². The fraction of sp³-hybridized carbons (Fsp3) is 0.359. The number of ether oxygens (including phenoxy) is 2. The molecule has 4 aromatic carbocycles. The average Bonchev–Trinajstić information content (AvgIpc) is 3.04. The van der Waals surface area contributed by atoms with Crippen LogP contribution in [0.5, 0.6) is 11.5 Å². The van der Waals surface area contributed by atoms with E-state index in [9.17, 15) is 18.7 Å². The molecule has 0 radical (unpaired) electrons. The van der Waals surface area contributed by atoms with Gasteiger partial charge in [0.15, 0.2) is 14.7 Å². The summed E-state index contributed by atoms with van der Waals surface area (Å²) in [6, 6.07) is 36.6. The van der Waals surface area contributed by atoms with Crippen molar-refractivity contribution in [3.05, 3.63) is 115 Å². The number of hydrogen-bond acceptors (Lipinski definition) is 4. The number of phenols is 1. The standard InChI is InChI=1S/C25H20O2S.C14H20F2O2/c26-21-13-11-20(12-14-21)19-27-22-15-17-25(18-16-22)28(23-7-3-1-4-8-23)24-9-5-2-6-10-24;1-13(15,16)12(17)18-8-14-5-9-2-10(6-14)4-11(3-9)7-14/h1-18H,19H2;9-11H,2-8H2,1H3/p+1. The summed E-state index contributed by atoms with van der Waals surface area (Å²) in [5.41, 5.74) is 1.05. The molecule has 0 spiro atoms. The summed E-state index contributed by atoms with van der Waals surface area (Å²) >= 11 is 0. The minimum Gasteiger partial charge on any atom is -0.508 e. The van der Waals surface area contributed by atoms with Gasteiger partial charge >= 0.3 is 11.9 Å². The number of carbonyl (C=O) groups excluding carboxylic acids is 1. The Balaban J connectivity index is 0.000000178. The Morgan fingerprint density at radius 3 is 1.72 bits per heavy atom. The van der Waals surface area contributed by atoms with Crippen LogP contribution in [-0.2, 0) is 27.0 Å². The second-order valence-corrected chi connectivity index (χ2v) is 15.3. The molecule has 4 saturated carbocycles. The highest BCUT2D eigenvalue weighted by molar-refractivity contribution is 7.97. The lowest BCUT2D eigenvalue weighted by atomic mass is 9.50. The molecular weight excluding hydrogens is 602 g/mol. The summed E-state index contributed by atoms with van der Waals surface area (Å²) in [4.78, 5) is 15.0. The number of aromatic hydroxyl groups is 1. The first-order valence-corrected chi connectivity index (χ1v) is 17.3. The molecule has 4 aromatic rings. The van der Waals surface area contributed by atoms with Crippen LogP contribution in [-0.4, -0.2) is 23.6 Å². The zero-order chi connectivity index (χ0) is 32.1. The molecule has 4 aliphatic rings. The molecule has 1 N–H and O–H groups in total. The third-order valence-electron chi connectivity index (χ3n) is 9.39. The number of carbonyl (C=O) groups is 1. The summed E-state index contributed by atoms with van der Waals surface area (Å²) in [7, 11) is -0.149. The largest absolute Gasteiger partial charge is 0.508 e. The van der Waals surface area contributed by atoms with Crippen LogP contribution in [0.15, 0.2) is 124 Å². The van der Waals surface area contributed by atoms with Crippen molar-refractivity contribution in [2.75, 3.05) is 6.61 Å². The fourth-order valence-electron chi connectivity index (χ4n) is 7.76. The molecule has 4 fully saturated rings. The van der Waals surface area contributed by atoms with Crippen molar-refractivity contribution in [2.24, 2.45) is 23.2 Å². The third-order valence-corrected chi connectivity index (χ3v) is 11.6. The number of alkyl halides is 2. The predicted molar refractivity (Wildman–Crippen MR) is 176 cm³/mol. The first-order valence-electron chi connectivity index (χ1n) is 16.1. The molecule has 8 rings (SSSR count). The number of esters is 1. The summed E-state index contributed by atoms with van der Waals surface area (Å²) < 4.78 is 36.4. The van der Waals surface area contributed by atoms with Gasteiger partial charge in [0.1, 0.15) is 18.1 Å². The van der Waals surface area contributed by atoms with E-state index in [-0.39, 0.29) is 28.7 Å². The molecule has 7 heteroatoms. The second-order valence-electron chi connectivity index (χ2n) is 13.2. The zero-order valence-electron chi connectivity index (χ0n) is 26.1. The summed E-state index contributed by atoms with van der Waals surface area (Å²) in [5.74, 6) is -1.38. The first kappa shape index (κ1) is 32.1. The van der Waals surface area contributed by atoms with Gasteiger partial charge in [-0.1, -0.05) is 48.5 Å². The zero-order valence-corrected chi connectivity index (χ0v) is 26.9. The maximum absolute atomic E-state index is 12.8. The van der Waals surface area contributed by atoms with Crippen molar-refractivity contribution >= 4 is 16.9 Å². The van der Waals surface area contributed by atoms with Gasteiger partial charge in [-0.05, 0) is 123 Å². The summed E-state index contributed by atoms with van der Waals surface area (Å²) in [5, 5.41) is 9.37. The Morgan fingerprint density at radius 2 is 1.24 bits per heavy atom. The first-order chi connectivity index (χ1) is 22.2. The normalized spacial score (nSPS) is 23.0. The highest BCUT2D eigenvalue weighted by atomic mass is 32.2. The van der Waals surface area contributed by atoms with Crippen LogP contribution in [0.4, 0.5) is 8.78 Å². The SMILES string of the molecule is CC(F)(F)C(=O)OCC12CC3CC(CC(C3)C1)C2.Oc1ccc(COc2ccc([S+](c3ccccc3)c3ccccc3)cc2)cc1. The minimum absolute atomic E-state index is 0.0235. The van der Waals surface area contributed by atoms with E-state index in [2.05, 4.69) is 72.8 Å². The Hall–Kier alpha value is -3.84. The van der Waals surface area contributed by atoms with Crippen molar-refractivity contribution < 1.29 is 28.2 Å². The van der Waals surface area contributed by atoms with Gasteiger partial charge in [-0.25, -0.2) is 4.79 Å². The van der Waals surface area contributed by atoms with Crippen LogP contribution in [0.2, 0.25) is 0 Å². The smallest absolute Gasteiger partial charge is 0.376 e. The van der Waals surface area contributed by atoms with Crippen LogP contribution in [0.1, 0.15) is 51.0 Å². The molecule has 240 valence electrons. The molecule has 4 nitrogen and oxygen atoms in total. The van der Waals surface area contributed by atoms with Gasteiger partial charge in [-0.2, -0.15) is 8.78 Å². The number of hydrogen-bond donors (Lipinski definition) is 1. The lowest BCUT2D eigenvalue weighted by Crippen LogP contribution is -2.49. The maximum atomic E-state index is 12.8. The monoisotopic (exact) mass is 643 g/mol. The molecule has 0 unspecified atom stereocenters. The average molecular weight is 644 g/mol. The van der Waals surface area contributed by atoms with Crippen molar-refractivity contribution in [3.63, 3.8) is 0 Å². The minimum atomic E-state index is -3.36. The lowest BCUT2D eigenvalue weighted by Gasteiger charge is -2.56. The van der Waals surface area contributed by atoms with Gasteiger partial charge < -0.3 is 14.6 Å². The second kappa shape index (κ2) is 13.9. The van der Waals surface area contributed by atoms with Crippen LogP contribution < -0.4 is 4.74 Å². The molecule has 0 atom stereocenters. The highest BCUT2D eigenvalue weighted by Crippen LogP contribution is 2.60. The third kappa shape index (κ3) is 7.92. The van der Waals surface area contributed by atoms with E-state index in [0.717, 1.165) is 48.3 Å². The van der Waals surface area contributed by atoms with Gasteiger partial charge in [-0.15, -0.1) is 0 Å². The molecule has 0 heterocycles.